The minimum atomic E-state index is -4.55. The Morgan fingerprint density at radius 3 is 2.50 bits per heavy atom. The average Bonchev–Trinajstić information content (AvgIpc) is 3.25. The molecule has 0 bridgehead atoms. The second-order valence-corrected chi connectivity index (χ2v) is 7.86. The molecule has 0 aromatic carbocycles. The lowest BCUT2D eigenvalue weighted by Crippen LogP contribution is -2.49. The van der Waals surface area contributed by atoms with Crippen molar-refractivity contribution in [2.75, 3.05) is 13.1 Å². The highest BCUT2D eigenvalue weighted by molar-refractivity contribution is 6.00. The number of hydrogen-bond acceptors (Lipinski definition) is 3. The molecule has 0 unspecified atom stereocenters. The van der Waals surface area contributed by atoms with Crippen molar-refractivity contribution >= 4 is 22.7 Å². The lowest BCUT2D eigenvalue weighted by molar-refractivity contribution is -0.141. The summed E-state index contributed by atoms with van der Waals surface area (Å²) in [5.74, 6) is -0.678. The van der Waals surface area contributed by atoms with Crippen LogP contribution in [-0.2, 0) is 11.0 Å². The van der Waals surface area contributed by atoms with Crippen LogP contribution in [0, 0.1) is 5.41 Å². The number of aromatic nitrogens is 2. The number of H-pyrrole nitrogens is 1. The van der Waals surface area contributed by atoms with Crippen LogP contribution in [0.4, 0.5) is 13.2 Å². The van der Waals surface area contributed by atoms with E-state index in [1.807, 2.05) is 0 Å². The number of pyridine rings is 1. The zero-order chi connectivity index (χ0) is 20.1. The molecule has 1 saturated heterocycles. The number of likely N-dealkylation sites (tertiary alicyclic amines) is 1. The Morgan fingerprint density at radius 1 is 1.21 bits per heavy atom. The van der Waals surface area contributed by atoms with Crippen LogP contribution in [0.1, 0.15) is 48.8 Å². The number of alkyl halides is 3. The van der Waals surface area contributed by atoms with Crippen molar-refractivity contribution in [3.8, 4) is 0 Å². The zero-order valence-corrected chi connectivity index (χ0v) is 15.4. The highest BCUT2D eigenvalue weighted by atomic mass is 19.4. The van der Waals surface area contributed by atoms with Crippen molar-refractivity contribution in [3.63, 3.8) is 0 Å². The van der Waals surface area contributed by atoms with Crippen molar-refractivity contribution < 1.29 is 22.8 Å². The largest absolute Gasteiger partial charge is 0.433 e. The number of nitrogens with zero attached hydrogens (tertiary/aromatic N) is 2. The van der Waals surface area contributed by atoms with Crippen molar-refractivity contribution in [1.82, 2.24) is 20.2 Å². The Balaban J connectivity index is 1.41. The third-order valence-corrected chi connectivity index (χ3v) is 5.85. The molecule has 1 spiro atoms. The smallest absolute Gasteiger partial charge is 0.349 e. The van der Waals surface area contributed by atoms with Crippen LogP contribution in [0.15, 0.2) is 18.3 Å². The third kappa shape index (κ3) is 3.57. The Bertz CT molecular complexity index is 923. The van der Waals surface area contributed by atoms with E-state index in [9.17, 15) is 22.8 Å². The molecule has 28 heavy (non-hydrogen) atoms. The number of carbonyl (C=O) groups is 2. The fourth-order valence-electron chi connectivity index (χ4n) is 3.80. The molecule has 1 atom stereocenters. The molecule has 9 heteroatoms. The number of aromatic amines is 1. The van der Waals surface area contributed by atoms with E-state index in [1.54, 1.807) is 11.8 Å². The standard InChI is InChI=1S/C19H21F3N4O2/c1-11(17(28)26-6-4-18(2-3-18)5-7-26)24-16(27)13-8-12-9-15(19(20,21)22)23-10-14(12)25-13/h8-11,25H,2-7H2,1H3,(H,24,27)/t11-/m1/s1. The monoisotopic (exact) mass is 394 g/mol. The van der Waals surface area contributed by atoms with Gasteiger partial charge in [0.2, 0.25) is 5.91 Å². The number of halogens is 3. The van der Waals surface area contributed by atoms with Crippen LogP contribution in [0.25, 0.3) is 10.9 Å². The summed E-state index contributed by atoms with van der Waals surface area (Å²) in [6.07, 6.45) is 0.998. The minimum absolute atomic E-state index is 0.0892. The summed E-state index contributed by atoms with van der Waals surface area (Å²) < 4.78 is 38.3. The van der Waals surface area contributed by atoms with E-state index in [4.69, 9.17) is 0 Å². The predicted octanol–water partition coefficient (Wildman–Crippen LogP) is 3.10. The lowest BCUT2D eigenvalue weighted by atomic mass is 9.93. The molecule has 150 valence electrons. The van der Waals surface area contributed by atoms with Gasteiger partial charge in [0.05, 0.1) is 11.7 Å². The second-order valence-electron chi connectivity index (χ2n) is 7.86. The quantitative estimate of drug-likeness (QED) is 0.840. The molecular formula is C19H21F3N4O2. The first-order chi connectivity index (χ1) is 13.2. The van der Waals surface area contributed by atoms with Crippen LogP contribution >= 0.6 is 0 Å². The molecule has 3 heterocycles. The van der Waals surface area contributed by atoms with Gasteiger partial charge in [-0.05, 0) is 50.2 Å². The van der Waals surface area contributed by atoms with Crippen LogP contribution in [0.3, 0.4) is 0 Å². The van der Waals surface area contributed by atoms with Gasteiger partial charge < -0.3 is 15.2 Å². The molecule has 6 nitrogen and oxygen atoms in total. The molecule has 2 amide bonds. The Hall–Kier alpha value is -2.58. The molecule has 2 aliphatic rings. The van der Waals surface area contributed by atoms with Gasteiger partial charge in [-0.1, -0.05) is 0 Å². The summed E-state index contributed by atoms with van der Waals surface area (Å²) >= 11 is 0. The maximum atomic E-state index is 12.8. The first-order valence-electron chi connectivity index (χ1n) is 9.33. The summed E-state index contributed by atoms with van der Waals surface area (Å²) in [6, 6.07) is 1.51. The molecular weight excluding hydrogens is 373 g/mol. The normalized spacial score (nSPS) is 19.6. The van der Waals surface area contributed by atoms with E-state index in [1.165, 1.54) is 18.9 Å². The van der Waals surface area contributed by atoms with Crippen molar-refractivity contribution in [3.05, 3.63) is 29.7 Å². The van der Waals surface area contributed by atoms with Gasteiger partial charge in [0.1, 0.15) is 17.4 Å². The van der Waals surface area contributed by atoms with Gasteiger partial charge in [0.25, 0.3) is 5.91 Å². The van der Waals surface area contributed by atoms with Gasteiger partial charge in [-0.15, -0.1) is 0 Å². The number of piperidine rings is 1. The molecule has 2 fully saturated rings. The predicted molar refractivity (Wildman–Crippen MR) is 95.5 cm³/mol. The van der Waals surface area contributed by atoms with E-state index in [0.29, 0.717) is 24.0 Å². The van der Waals surface area contributed by atoms with E-state index in [2.05, 4.69) is 15.3 Å². The number of fused-ring (bicyclic) bond motifs is 1. The van der Waals surface area contributed by atoms with E-state index in [0.717, 1.165) is 25.1 Å². The first-order valence-corrected chi connectivity index (χ1v) is 9.33. The number of carbonyl (C=O) groups excluding carboxylic acids is 2. The fraction of sp³-hybridized carbons (Fsp3) is 0.526. The maximum Gasteiger partial charge on any atom is 0.433 e. The van der Waals surface area contributed by atoms with Crippen LogP contribution in [0.5, 0.6) is 0 Å². The molecule has 1 saturated carbocycles. The second kappa shape index (κ2) is 6.49. The summed E-state index contributed by atoms with van der Waals surface area (Å²) in [5, 5.41) is 2.86. The Labute approximate surface area is 159 Å². The molecule has 4 rings (SSSR count). The minimum Gasteiger partial charge on any atom is -0.349 e. The highest BCUT2D eigenvalue weighted by Gasteiger charge is 2.45. The Morgan fingerprint density at radius 2 is 1.89 bits per heavy atom. The lowest BCUT2D eigenvalue weighted by Gasteiger charge is -2.33. The van der Waals surface area contributed by atoms with Crippen molar-refractivity contribution in [2.45, 2.75) is 44.8 Å². The number of nitrogens with one attached hydrogen (secondary N) is 2. The molecule has 2 aromatic rings. The summed E-state index contributed by atoms with van der Waals surface area (Å²) in [5.41, 5.74) is -0.154. The van der Waals surface area contributed by atoms with Gasteiger partial charge in [-0.3, -0.25) is 9.59 Å². The van der Waals surface area contributed by atoms with Crippen LogP contribution < -0.4 is 5.32 Å². The number of hydrogen-bond donors (Lipinski definition) is 2. The number of rotatable bonds is 3. The molecule has 1 aliphatic carbocycles. The molecule has 1 aliphatic heterocycles. The van der Waals surface area contributed by atoms with Gasteiger partial charge in [-0.2, -0.15) is 13.2 Å². The van der Waals surface area contributed by atoms with Crippen molar-refractivity contribution in [2.24, 2.45) is 5.41 Å². The van der Waals surface area contributed by atoms with E-state index in [-0.39, 0.29) is 17.0 Å². The maximum absolute atomic E-state index is 12.8. The topological polar surface area (TPSA) is 78.1 Å². The van der Waals surface area contributed by atoms with Gasteiger partial charge in [-0.25, -0.2) is 4.98 Å². The molecule has 2 N–H and O–H groups in total. The van der Waals surface area contributed by atoms with E-state index < -0.39 is 23.8 Å². The zero-order valence-electron chi connectivity index (χ0n) is 15.4. The summed E-state index contributed by atoms with van der Waals surface area (Å²) in [6.45, 7) is 3.03. The highest BCUT2D eigenvalue weighted by Crippen LogP contribution is 2.53. The fourth-order valence-corrected chi connectivity index (χ4v) is 3.80. The third-order valence-electron chi connectivity index (χ3n) is 5.85. The Kier molecular flexibility index (Phi) is 4.35. The van der Waals surface area contributed by atoms with Gasteiger partial charge in [0.15, 0.2) is 0 Å². The summed E-state index contributed by atoms with van der Waals surface area (Å²) in [7, 11) is 0. The van der Waals surface area contributed by atoms with Gasteiger partial charge >= 0.3 is 6.18 Å². The van der Waals surface area contributed by atoms with Crippen LogP contribution in [-0.4, -0.2) is 45.8 Å². The number of amides is 2. The first kappa shape index (κ1) is 18.8. The van der Waals surface area contributed by atoms with Crippen molar-refractivity contribution in [1.29, 1.82) is 0 Å². The molecule has 2 aromatic heterocycles. The van der Waals surface area contributed by atoms with E-state index >= 15 is 0 Å². The SMILES string of the molecule is C[C@@H](NC(=O)c1cc2cc(C(F)(F)F)ncc2[nH]1)C(=O)N1CCC2(CC1)CC2. The molecule has 0 radical (unpaired) electrons. The summed E-state index contributed by atoms with van der Waals surface area (Å²) in [4.78, 5) is 32.9. The average molecular weight is 394 g/mol. The van der Waals surface area contributed by atoms with Crippen LogP contribution in [0.2, 0.25) is 0 Å². The van der Waals surface area contributed by atoms with Gasteiger partial charge in [0, 0.05) is 18.5 Å².